The Balaban J connectivity index is 0.00000398. The van der Waals surface area contributed by atoms with E-state index in [9.17, 15) is 9.90 Å². The number of halogens is 1. The van der Waals surface area contributed by atoms with E-state index in [1.54, 1.807) is 7.11 Å². The van der Waals surface area contributed by atoms with E-state index >= 15 is 0 Å². The Morgan fingerprint density at radius 3 is 2.39 bits per heavy atom. The van der Waals surface area contributed by atoms with Gasteiger partial charge in [-0.1, -0.05) is 54.8 Å². The van der Waals surface area contributed by atoms with E-state index < -0.39 is 5.97 Å². The van der Waals surface area contributed by atoms with Gasteiger partial charge in [-0.05, 0) is 73.1 Å². The monoisotopic (exact) mass is 590 g/mol. The molecule has 0 unspecified atom stereocenters. The molecule has 0 bridgehead atoms. The topological polar surface area (TPSA) is 88.0 Å². The number of unbranched alkanes of at least 4 members (excludes halogenated alkanes) is 3. The minimum Gasteiger partial charge on any atom is -0.854 e. The zero-order valence-corrected chi connectivity index (χ0v) is 27.0. The van der Waals surface area contributed by atoms with Crippen molar-refractivity contribution in [3.8, 4) is 11.5 Å². The number of ether oxygens (including phenoxy) is 3. The van der Waals surface area contributed by atoms with Gasteiger partial charge in [-0.2, -0.15) is 0 Å². The molecular formula is C28H40BrKO6. The summed E-state index contributed by atoms with van der Waals surface area (Å²) in [6.07, 6.45) is 5.92. The Bertz CT molecular complexity index is 862. The van der Waals surface area contributed by atoms with Gasteiger partial charge in [0.05, 0.1) is 19.8 Å². The first-order valence-corrected chi connectivity index (χ1v) is 13.3. The molecule has 2 aromatic rings. The quantitative estimate of drug-likeness (QED) is 0.225. The van der Waals surface area contributed by atoms with Crippen LogP contribution < -0.4 is 66.0 Å². The molecule has 0 aliphatic carbocycles. The molecule has 0 saturated heterocycles. The molecule has 6 nitrogen and oxygen atoms in total. The number of aliphatic carboxylic acids is 1. The van der Waals surface area contributed by atoms with E-state index in [-0.39, 0.29) is 64.4 Å². The molecule has 0 saturated carbocycles. The summed E-state index contributed by atoms with van der Waals surface area (Å²) in [5.41, 5.74) is 3.15. The Kier molecular flexibility index (Phi) is 22.2. The van der Waals surface area contributed by atoms with Crippen molar-refractivity contribution in [2.45, 2.75) is 71.8 Å². The van der Waals surface area contributed by atoms with Gasteiger partial charge in [0.2, 0.25) is 0 Å². The van der Waals surface area contributed by atoms with Crippen LogP contribution in [0, 0.1) is 0 Å². The predicted octanol–water partition coefficient (Wildman–Crippen LogP) is 2.95. The fraction of sp³-hybridized carbons (Fsp3) is 0.536. The molecule has 36 heavy (non-hydrogen) atoms. The first-order chi connectivity index (χ1) is 17.0. The molecule has 0 aliphatic heterocycles. The van der Waals surface area contributed by atoms with E-state index in [0.29, 0.717) is 38.4 Å². The number of methoxy groups -OCH3 is 1. The van der Waals surface area contributed by atoms with Gasteiger partial charge in [-0.3, -0.25) is 4.79 Å². The van der Waals surface area contributed by atoms with Crippen LogP contribution in [-0.4, -0.2) is 38.0 Å². The second-order valence-electron chi connectivity index (χ2n) is 7.93. The molecule has 0 aliphatic rings. The maximum Gasteiger partial charge on any atom is 1.00 e. The molecule has 2 rings (SSSR count). The van der Waals surface area contributed by atoms with E-state index in [1.807, 2.05) is 50.2 Å². The molecule has 8 heteroatoms. The second-order valence-corrected chi connectivity index (χ2v) is 8.85. The van der Waals surface area contributed by atoms with Crippen LogP contribution in [0.3, 0.4) is 0 Å². The maximum absolute atomic E-state index is 11.1. The zero-order chi connectivity index (χ0) is 25.9. The van der Waals surface area contributed by atoms with Gasteiger partial charge in [0, 0.05) is 18.0 Å². The standard InChI is InChI=1S/C26H34BrO6.C2H6.K/c1-31-19-20-16-22(27)18-23(17-20)32-14-5-3-2-4-8-21-9-6-10-25(33-15-7-13-28)24(21)11-12-26(29)30;1-2;/h6,9-10,16-18H,2-5,7-8,11-15,19H2,1H3,(H,29,30);1-2H3;/q-1;;+1. The summed E-state index contributed by atoms with van der Waals surface area (Å²) in [5.74, 6) is 0.723. The van der Waals surface area contributed by atoms with Crippen molar-refractivity contribution in [2.24, 2.45) is 0 Å². The third-order valence-corrected chi connectivity index (χ3v) is 5.67. The third-order valence-electron chi connectivity index (χ3n) is 5.22. The van der Waals surface area contributed by atoms with Crippen LogP contribution in [0.1, 0.15) is 69.1 Å². The SMILES string of the molecule is CC.COCc1cc(Br)cc(OCCCCCCc2cccc(OCCC[O-])c2CCC(=O)O)c1.[K+]. The summed E-state index contributed by atoms with van der Waals surface area (Å²) in [6, 6.07) is 11.8. The zero-order valence-electron chi connectivity index (χ0n) is 22.3. The number of hydrogen-bond donors (Lipinski definition) is 1. The summed E-state index contributed by atoms with van der Waals surface area (Å²) in [4.78, 5) is 11.1. The van der Waals surface area contributed by atoms with E-state index in [0.717, 1.165) is 59.0 Å². The number of carboxylic acids is 1. The van der Waals surface area contributed by atoms with Crippen LogP contribution in [0.4, 0.5) is 0 Å². The van der Waals surface area contributed by atoms with Gasteiger partial charge < -0.3 is 24.4 Å². The molecule has 0 atom stereocenters. The van der Waals surface area contributed by atoms with Crippen molar-refractivity contribution in [1.29, 1.82) is 0 Å². The Hall–Kier alpha value is -0.454. The number of hydrogen-bond acceptors (Lipinski definition) is 5. The van der Waals surface area contributed by atoms with Crippen LogP contribution in [0.25, 0.3) is 0 Å². The van der Waals surface area contributed by atoms with Crippen molar-refractivity contribution in [1.82, 2.24) is 0 Å². The first kappa shape index (κ1) is 35.5. The average molecular weight is 592 g/mol. The summed E-state index contributed by atoms with van der Waals surface area (Å²) >= 11 is 3.50. The Morgan fingerprint density at radius 2 is 1.69 bits per heavy atom. The molecule has 0 amide bonds. The fourth-order valence-electron chi connectivity index (χ4n) is 3.65. The largest absolute Gasteiger partial charge is 1.00 e. The van der Waals surface area contributed by atoms with Gasteiger partial charge in [0.15, 0.2) is 0 Å². The van der Waals surface area contributed by atoms with Crippen molar-refractivity contribution in [3.63, 3.8) is 0 Å². The smallest absolute Gasteiger partial charge is 0.854 e. The number of benzene rings is 2. The molecule has 0 aromatic heterocycles. The normalized spacial score (nSPS) is 10.1. The van der Waals surface area contributed by atoms with Gasteiger partial charge in [-0.25, -0.2) is 0 Å². The fourth-order valence-corrected chi connectivity index (χ4v) is 4.17. The molecule has 0 heterocycles. The minimum atomic E-state index is -0.824. The summed E-state index contributed by atoms with van der Waals surface area (Å²) in [6.45, 7) is 5.40. The number of aryl methyl sites for hydroxylation is 1. The van der Waals surface area contributed by atoms with Crippen LogP contribution in [0.5, 0.6) is 11.5 Å². The van der Waals surface area contributed by atoms with Crippen molar-refractivity contribution >= 4 is 21.9 Å². The summed E-state index contributed by atoms with van der Waals surface area (Å²) < 4.78 is 17.8. The number of rotatable bonds is 17. The van der Waals surface area contributed by atoms with Crippen LogP contribution in [-0.2, 0) is 29.0 Å². The Labute approximate surface area is 267 Å². The van der Waals surface area contributed by atoms with E-state index in [2.05, 4.69) is 15.9 Å². The van der Waals surface area contributed by atoms with Crippen molar-refractivity contribution < 1.29 is 80.6 Å². The first-order valence-electron chi connectivity index (χ1n) is 12.5. The Morgan fingerprint density at radius 1 is 0.972 bits per heavy atom. The van der Waals surface area contributed by atoms with Crippen LogP contribution in [0.15, 0.2) is 40.9 Å². The van der Waals surface area contributed by atoms with Crippen molar-refractivity contribution in [3.05, 3.63) is 57.6 Å². The van der Waals surface area contributed by atoms with Crippen molar-refractivity contribution in [2.75, 3.05) is 26.9 Å². The predicted molar refractivity (Wildman–Crippen MR) is 141 cm³/mol. The molecule has 0 spiro atoms. The molecule has 2 aromatic carbocycles. The van der Waals surface area contributed by atoms with Gasteiger partial charge >= 0.3 is 57.4 Å². The van der Waals surface area contributed by atoms with Crippen LogP contribution >= 0.6 is 15.9 Å². The van der Waals surface area contributed by atoms with E-state index in [4.69, 9.17) is 19.3 Å². The maximum atomic E-state index is 11.1. The summed E-state index contributed by atoms with van der Waals surface area (Å²) in [5, 5.41) is 19.8. The molecule has 0 fully saturated rings. The molecule has 1 N–H and O–H groups in total. The van der Waals surface area contributed by atoms with E-state index in [1.165, 1.54) is 0 Å². The van der Waals surface area contributed by atoms with Gasteiger partial charge in [-0.15, -0.1) is 6.61 Å². The minimum absolute atomic E-state index is 0. The number of carbonyl (C=O) groups is 1. The molecular weight excluding hydrogens is 551 g/mol. The van der Waals surface area contributed by atoms with Gasteiger partial charge in [0.1, 0.15) is 11.5 Å². The summed E-state index contributed by atoms with van der Waals surface area (Å²) in [7, 11) is 1.68. The average Bonchev–Trinajstić information content (AvgIpc) is 2.84. The molecule has 196 valence electrons. The van der Waals surface area contributed by atoms with Crippen LogP contribution in [0.2, 0.25) is 0 Å². The number of carboxylic acid groups (broad SMARTS) is 1. The second kappa shape index (κ2) is 22.5. The van der Waals surface area contributed by atoms with Gasteiger partial charge in [0.25, 0.3) is 0 Å². The molecule has 0 radical (unpaired) electrons. The third kappa shape index (κ3) is 15.1.